The van der Waals surface area contributed by atoms with Gasteiger partial charge >= 0.3 is 0 Å². The molecule has 1 fully saturated rings. The Balaban J connectivity index is 1.93. The van der Waals surface area contributed by atoms with Crippen LogP contribution in [-0.4, -0.2) is 42.3 Å². The monoisotopic (exact) mass is 260 g/mol. The minimum Gasteiger partial charge on any atom is -0.357 e. The zero-order valence-corrected chi connectivity index (χ0v) is 11.0. The van der Waals surface area contributed by atoms with Crippen LogP contribution < -0.4 is 10.6 Å². The van der Waals surface area contributed by atoms with Gasteiger partial charge in [-0.2, -0.15) is 24.7 Å². The summed E-state index contributed by atoms with van der Waals surface area (Å²) in [6, 6.07) is 0. The molecule has 8 heteroatoms. The maximum Gasteiger partial charge on any atom is 0.258 e. The van der Waals surface area contributed by atoms with E-state index in [9.17, 15) is 0 Å². The van der Waals surface area contributed by atoms with Crippen molar-refractivity contribution in [1.82, 2.24) is 29.7 Å². The van der Waals surface area contributed by atoms with Crippen molar-refractivity contribution in [1.29, 1.82) is 0 Å². The van der Waals surface area contributed by atoms with Gasteiger partial charge in [0.1, 0.15) is 12.7 Å². The van der Waals surface area contributed by atoms with E-state index in [-0.39, 0.29) is 5.54 Å². The van der Waals surface area contributed by atoms with Gasteiger partial charge in [0.15, 0.2) is 0 Å². The standard InChI is InChI=1S/C11H16N8/c1-11(4-3-5-11)18-9-15-8(12-2)16-10(17-9)19-7-13-6-14-19/h6-7H,3-5H2,1-2H3,(H2,12,15,16,17,18). The molecule has 0 atom stereocenters. The molecule has 0 unspecified atom stereocenters. The molecule has 2 N–H and O–H groups in total. The van der Waals surface area contributed by atoms with Crippen molar-refractivity contribution in [2.24, 2.45) is 0 Å². The normalized spacial score (nSPS) is 16.7. The Labute approximate surface area is 110 Å². The Kier molecular flexibility index (Phi) is 2.77. The average Bonchev–Trinajstić information content (AvgIpc) is 2.90. The van der Waals surface area contributed by atoms with Crippen LogP contribution in [0.5, 0.6) is 0 Å². The van der Waals surface area contributed by atoms with E-state index in [0.29, 0.717) is 17.8 Å². The Morgan fingerprint density at radius 1 is 1.21 bits per heavy atom. The largest absolute Gasteiger partial charge is 0.357 e. The van der Waals surface area contributed by atoms with Gasteiger partial charge in [0.25, 0.3) is 5.95 Å². The topological polar surface area (TPSA) is 93.4 Å². The van der Waals surface area contributed by atoms with Gasteiger partial charge in [0.2, 0.25) is 11.9 Å². The molecule has 0 spiro atoms. The molecule has 0 saturated heterocycles. The first-order chi connectivity index (χ1) is 9.18. The number of rotatable bonds is 4. The molecule has 0 aliphatic heterocycles. The summed E-state index contributed by atoms with van der Waals surface area (Å²) in [6.07, 6.45) is 6.51. The van der Waals surface area contributed by atoms with Gasteiger partial charge in [-0.25, -0.2) is 4.98 Å². The third-order valence-corrected chi connectivity index (χ3v) is 3.34. The van der Waals surface area contributed by atoms with Crippen LogP contribution in [0, 0.1) is 0 Å². The summed E-state index contributed by atoms with van der Waals surface area (Å²) >= 11 is 0. The van der Waals surface area contributed by atoms with Gasteiger partial charge in [-0.3, -0.25) is 0 Å². The van der Waals surface area contributed by atoms with Crippen LogP contribution in [0.1, 0.15) is 26.2 Å². The molecule has 2 aromatic heterocycles. The maximum absolute atomic E-state index is 4.38. The minimum absolute atomic E-state index is 0.0893. The summed E-state index contributed by atoms with van der Waals surface area (Å²) in [4.78, 5) is 16.9. The van der Waals surface area contributed by atoms with E-state index < -0.39 is 0 Å². The molecule has 2 aromatic rings. The van der Waals surface area contributed by atoms with E-state index in [0.717, 1.165) is 12.8 Å². The van der Waals surface area contributed by atoms with Crippen LogP contribution in [-0.2, 0) is 0 Å². The number of anilines is 2. The summed E-state index contributed by atoms with van der Waals surface area (Å²) in [5.41, 5.74) is 0.0893. The molecule has 1 aliphatic carbocycles. The van der Waals surface area contributed by atoms with Crippen LogP contribution >= 0.6 is 0 Å². The Morgan fingerprint density at radius 3 is 2.58 bits per heavy atom. The number of nitrogens with zero attached hydrogens (tertiary/aromatic N) is 6. The zero-order chi connectivity index (χ0) is 13.3. The van der Waals surface area contributed by atoms with Crippen molar-refractivity contribution in [3.05, 3.63) is 12.7 Å². The van der Waals surface area contributed by atoms with Gasteiger partial charge in [-0.15, -0.1) is 0 Å². The Morgan fingerprint density at radius 2 is 2.00 bits per heavy atom. The molecule has 0 bridgehead atoms. The highest BCUT2D eigenvalue weighted by atomic mass is 15.4. The molecule has 1 aliphatic rings. The molecule has 19 heavy (non-hydrogen) atoms. The molecule has 100 valence electrons. The van der Waals surface area contributed by atoms with E-state index in [2.05, 4.69) is 42.6 Å². The molecule has 0 radical (unpaired) electrons. The fourth-order valence-corrected chi connectivity index (χ4v) is 2.05. The molecule has 2 heterocycles. The van der Waals surface area contributed by atoms with Crippen molar-refractivity contribution in [3.8, 4) is 5.95 Å². The number of aromatic nitrogens is 6. The molecular formula is C11H16N8. The maximum atomic E-state index is 4.38. The van der Waals surface area contributed by atoms with Gasteiger partial charge in [-0.05, 0) is 26.2 Å². The van der Waals surface area contributed by atoms with Crippen LogP contribution in [0.15, 0.2) is 12.7 Å². The SMILES string of the molecule is CNc1nc(NC2(C)CCC2)nc(-n2cncn2)n1. The van der Waals surface area contributed by atoms with Crippen LogP contribution in [0.4, 0.5) is 11.9 Å². The Bertz CT molecular complexity index is 560. The van der Waals surface area contributed by atoms with Gasteiger partial charge in [0, 0.05) is 12.6 Å². The lowest BCUT2D eigenvalue weighted by Gasteiger charge is -2.39. The van der Waals surface area contributed by atoms with Crippen molar-refractivity contribution in [2.45, 2.75) is 31.7 Å². The van der Waals surface area contributed by atoms with Crippen molar-refractivity contribution in [2.75, 3.05) is 17.7 Å². The van der Waals surface area contributed by atoms with Crippen LogP contribution in [0.3, 0.4) is 0 Å². The van der Waals surface area contributed by atoms with Crippen LogP contribution in [0.2, 0.25) is 0 Å². The first kappa shape index (κ1) is 11.8. The molecule has 3 rings (SSSR count). The molecular weight excluding hydrogens is 244 g/mol. The third kappa shape index (κ3) is 2.33. The van der Waals surface area contributed by atoms with E-state index in [1.165, 1.54) is 17.4 Å². The molecule has 8 nitrogen and oxygen atoms in total. The molecule has 0 aromatic carbocycles. The highest BCUT2D eigenvalue weighted by molar-refractivity contribution is 5.39. The second kappa shape index (κ2) is 4.45. The lowest BCUT2D eigenvalue weighted by atomic mass is 9.79. The highest BCUT2D eigenvalue weighted by Crippen LogP contribution is 2.33. The van der Waals surface area contributed by atoms with E-state index >= 15 is 0 Å². The Hall–Kier alpha value is -2.25. The summed E-state index contributed by atoms with van der Waals surface area (Å²) in [5.74, 6) is 1.51. The third-order valence-electron chi connectivity index (χ3n) is 3.34. The van der Waals surface area contributed by atoms with Crippen molar-refractivity contribution in [3.63, 3.8) is 0 Å². The fraction of sp³-hybridized carbons (Fsp3) is 0.545. The van der Waals surface area contributed by atoms with Gasteiger partial charge in [0.05, 0.1) is 0 Å². The summed E-state index contributed by atoms with van der Waals surface area (Å²) in [7, 11) is 1.77. The first-order valence-corrected chi connectivity index (χ1v) is 6.26. The average molecular weight is 260 g/mol. The predicted molar refractivity (Wildman–Crippen MR) is 70.2 cm³/mol. The van der Waals surface area contributed by atoms with Crippen molar-refractivity contribution < 1.29 is 0 Å². The van der Waals surface area contributed by atoms with Crippen LogP contribution in [0.25, 0.3) is 5.95 Å². The number of hydrogen-bond acceptors (Lipinski definition) is 7. The van der Waals surface area contributed by atoms with E-state index in [1.54, 1.807) is 13.4 Å². The highest BCUT2D eigenvalue weighted by Gasteiger charge is 2.32. The fourth-order valence-electron chi connectivity index (χ4n) is 2.05. The van der Waals surface area contributed by atoms with Gasteiger partial charge < -0.3 is 10.6 Å². The second-order valence-electron chi connectivity index (χ2n) is 4.91. The molecule has 0 amide bonds. The summed E-state index contributed by atoms with van der Waals surface area (Å²) < 4.78 is 1.51. The zero-order valence-electron chi connectivity index (χ0n) is 11.0. The summed E-state index contributed by atoms with van der Waals surface area (Å²) in [6.45, 7) is 2.18. The van der Waals surface area contributed by atoms with E-state index in [1.807, 2.05) is 0 Å². The number of nitrogens with one attached hydrogen (secondary N) is 2. The lowest BCUT2D eigenvalue weighted by Crippen LogP contribution is -2.42. The predicted octanol–water partition coefficient (Wildman–Crippen LogP) is 0.848. The quantitative estimate of drug-likeness (QED) is 0.841. The van der Waals surface area contributed by atoms with Crippen molar-refractivity contribution >= 4 is 11.9 Å². The lowest BCUT2D eigenvalue weighted by molar-refractivity contribution is 0.304. The first-order valence-electron chi connectivity index (χ1n) is 6.26. The van der Waals surface area contributed by atoms with Gasteiger partial charge in [-0.1, -0.05) is 0 Å². The molecule has 1 saturated carbocycles. The second-order valence-corrected chi connectivity index (χ2v) is 4.91. The van der Waals surface area contributed by atoms with E-state index in [4.69, 9.17) is 0 Å². The smallest absolute Gasteiger partial charge is 0.258 e. The number of hydrogen-bond donors (Lipinski definition) is 2. The summed E-state index contributed by atoms with van der Waals surface area (Å²) in [5, 5.41) is 10.3. The minimum atomic E-state index is 0.0893.